The number of benzene rings is 1. The third-order valence-corrected chi connectivity index (χ3v) is 2.33. The van der Waals surface area contributed by atoms with E-state index < -0.39 is 17.8 Å². The number of ether oxygens (including phenoxy) is 1. The van der Waals surface area contributed by atoms with Gasteiger partial charge in [-0.2, -0.15) is 5.26 Å². The number of halogens is 1. The van der Waals surface area contributed by atoms with Crippen LogP contribution in [-0.2, 0) is 9.53 Å². The predicted molar refractivity (Wildman–Crippen MR) is 74.0 cm³/mol. The first kappa shape index (κ1) is 16.4. The molecule has 0 fully saturated rings. The Labute approximate surface area is 121 Å². The summed E-state index contributed by atoms with van der Waals surface area (Å²) in [5.74, 6) is -0.973. The van der Waals surface area contributed by atoms with E-state index in [4.69, 9.17) is 10.00 Å². The van der Waals surface area contributed by atoms with Crippen LogP contribution < -0.4 is 10.6 Å². The summed E-state index contributed by atoms with van der Waals surface area (Å²) in [5.41, 5.74) is 0.213. The minimum Gasteiger partial charge on any atom is -0.463 e. The van der Waals surface area contributed by atoms with E-state index in [0.717, 1.165) is 12.1 Å². The van der Waals surface area contributed by atoms with Crippen LogP contribution in [0.25, 0.3) is 0 Å². The largest absolute Gasteiger partial charge is 0.463 e. The number of hydrogen-bond donors (Lipinski definition) is 2. The van der Waals surface area contributed by atoms with Crippen molar-refractivity contribution in [2.75, 3.05) is 11.9 Å². The van der Waals surface area contributed by atoms with E-state index >= 15 is 0 Å². The molecule has 0 bridgehead atoms. The lowest BCUT2D eigenvalue weighted by atomic mass is 10.2. The fourth-order valence-corrected chi connectivity index (χ4v) is 1.48. The second kappa shape index (κ2) is 7.85. The number of amides is 2. The van der Waals surface area contributed by atoms with Gasteiger partial charge in [-0.25, -0.2) is 9.18 Å². The van der Waals surface area contributed by atoms with Gasteiger partial charge in [0.15, 0.2) is 0 Å². The second-order valence-electron chi connectivity index (χ2n) is 4.47. The number of nitriles is 1. The fraction of sp³-hybridized carbons (Fsp3) is 0.357. The Hall–Kier alpha value is -2.62. The number of carbonyl (C=O) groups excluding carboxylic acids is 2. The summed E-state index contributed by atoms with van der Waals surface area (Å²) in [6.45, 7) is 3.56. The summed E-state index contributed by atoms with van der Waals surface area (Å²) >= 11 is 0. The summed E-state index contributed by atoms with van der Waals surface area (Å²) in [5, 5.41) is 13.7. The Morgan fingerprint density at radius 2 is 2.14 bits per heavy atom. The zero-order valence-electron chi connectivity index (χ0n) is 11.8. The fourth-order valence-electron chi connectivity index (χ4n) is 1.48. The molecule has 0 saturated heterocycles. The van der Waals surface area contributed by atoms with Crippen LogP contribution >= 0.6 is 0 Å². The van der Waals surface area contributed by atoms with Gasteiger partial charge in [0.25, 0.3) is 0 Å². The van der Waals surface area contributed by atoms with Crippen LogP contribution in [0.1, 0.15) is 25.8 Å². The summed E-state index contributed by atoms with van der Waals surface area (Å²) in [7, 11) is 0. The molecule has 2 amide bonds. The molecule has 7 heteroatoms. The Morgan fingerprint density at radius 3 is 2.76 bits per heavy atom. The van der Waals surface area contributed by atoms with Crippen LogP contribution in [0.5, 0.6) is 0 Å². The maximum absolute atomic E-state index is 12.9. The van der Waals surface area contributed by atoms with Gasteiger partial charge in [0.2, 0.25) is 0 Å². The number of nitrogens with zero attached hydrogens (tertiary/aromatic N) is 1. The molecular weight excluding hydrogens is 277 g/mol. The van der Waals surface area contributed by atoms with E-state index in [1.54, 1.807) is 19.9 Å². The van der Waals surface area contributed by atoms with Crippen molar-refractivity contribution in [1.82, 2.24) is 5.32 Å². The van der Waals surface area contributed by atoms with Crippen molar-refractivity contribution in [1.29, 1.82) is 5.26 Å². The summed E-state index contributed by atoms with van der Waals surface area (Å²) in [6.07, 6.45) is -0.163. The first-order valence-electron chi connectivity index (χ1n) is 6.36. The molecule has 0 spiro atoms. The van der Waals surface area contributed by atoms with Crippen molar-refractivity contribution in [3.05, 3.63) is 29.6 Å². The monoisotopic (exact) mass is 293 g/mol. The zero-order valence-corrected chi connectivity index (χ0v) is 11.8. The Kier molecular flexibility index (Phi) is 6.14. The van der Waals surface area contributed by atoms with E-state index in [9.17, 15) is 14.0 Å². The third kappa shape index (κ3) is 5.91. The quantitative estimate of drug-likeness (QED) is 0.814. The van der Waals surface area contributed by atoms with Crippen molar-refractivity contribution in [3.8, 4) is 6.07 Å². The zero-order chi connectivity index (χ0) is 15.8. The van der Waals surface area contributed by atoms with Crippen molar-refractivity contribution < 1.29 is 18.7 Å². The highest BCUT2D eigenvalue weighted by atomic mass is 19.1. The number of rotatable bonds is 5. The topological polar surface area (TPSA) is 91.2 Å². The van der Waals surface area contributed by atoms with Crippen molar-refractivity contribution in [2.24, 2.45) is 0 Å². The molecule has 21 heavy (non-hydrogen) atoms. The molecule has 6 nitrogen and oxygen atoms in total. The number of nitrogens with one attached hydrogen (secondary N) is 2. The number of urea groups is 1. The molecule has 1 aromatic rings. The van der Waals surface area contributed by atoms with Crippen LogP contribution in [0.15, 0.2) is 18.2 Å². The molecule has 0 aliphatic rings. The smallest absolute Gasteiger partial charge is 0.319 e. The van der Waals surface area contributed by atoms with Gasteiger partial charge >= 0.3 is 12.0 Å². The third-order valence-electron chi connectivity index (χ3n) is 2.33. The minimum atomic E-state index is -0.588. The lowest BCUT2D eigenvalue weighted by molar-refractivity contribution is -0.147. The van der Waals surface area contributed by atoms with Gasteiger partial charge in [-0.05, 0) is 32.0 Å². The normalized spacial score (nSPS) is 9.86. The van der Waals surface area contributed by atoms with E-state index in [2.05, 4.69) is 10.6 Å². The Balaban J connectivity index is 2.45. The average molecular weight is 293 g/mol. The average Bonchev–Trinajstić information content (AvgIpc) is 2.39. The van der Waals surface area contributed by atoms with E-state index in [1.807, 2.05) is 0 Å². The molecule has 0 aliphatic heterocycles. The van der Waals surface area contributed by atoms with Gasteiger partial charge < -0.3 is 15.4 Å². The highest BCUT2D eigenvalue weighted by Crippen LogP contribution is 2.15. The first-order chi connectivity index (χ1) is 9.92. The van der Waals surface area contributed by atoms with Crippen molar-refractivity contribution in [2.45, 2.75) is 26.4 Å². The maximum atomic E-state index is 12.9. The molecule has 1 aromatic carbocycles. The number of anilines is 1. The first-order valence-corrected chi connectivity index (χ1v) is 6.36. The van der Waals surface area contributed by atoms with Crippen LogP contribution in [0.2, 0.25) is 0 Å². The molecule has 0 atom stereocenters. The van der Waals surface area contributed by atoms with Gasteiger partial charge in [0.1, 0.15) is 11.9 Å². The number of esters is 1. The highest BCUT2D eigenvalue weighted by molar-refractivity contribution is 5.90. The Morgan fingerprint density at radius 1 is 1.43 bits per heavy atom. The molecule has 0 radical (unpaired) electrons. The van der Waals surface area contributed by atoms with Gasteiger partial charge in [0, 0.05) is 6.54 Å². The van der Waals surface area contributed by atoms with Crippen LogP contribution in [0.3, 0.4) is 0 Å². The van der Waals surface area contributed by atoms with Gasteiger partial charge in [0.05, 0.1) is 23.8 Å². The lowest BCUT2D eigenvalue weighted by Gasteiger charge is -2.10. The molecule has 0 unspecified atom stereocenters. The minimum absolute atomic E-state index is 0.0179. The van der Waals surface area contributed by atoms with Gasteiger partial charge in [-0.15, -0.1) is 0 Å². The van der Waals surface area contributed by atoms with Gasteiger partial charge in [-0.1, -0.05) is 0 Å². The molecule has 0 aliphatic carbocycles. The van der Waals surface area contributed by atoms with E-state index in [1.165, 1.54) is 6.07 Å². The van der Waals surface area contributed by atoms with Crippen LogP contribution in [0, 0.1) is 17.1 Å². The summed E-state index contributed by atoms with van der Waals surface area (Å²) in [4.78, 5) is 22.8. The molecular formula is C14H16FN3O3. The van der Waals surface area contributed by atoms with Gasteiger partial charge in [-0.3, -0.25) is 4.79 Å². The van der Waals surface area contributed by atoms with E-state index in [-0.39, 0.29) is 30.3 Å². The lowest BCUT2D eigenvalue weighted by Crippen LogP contribution is -2.31. The molecule has 112 valence electrons. The van der Waals surface area contributed by atoms with Crippen molar-refractivity contribution >= 4 is 17.7 Å². The summed E-state index contributed by atoms with van der Waals surface area (Å²) < 4.78 is 17.8. The molecule has 0 saturated carbocycles. The maximum Gasteiger partial charge on any atom is 0.319 e. The summed E-state index contributed by atoms with van der Waals surface area (Å²) in [6, 6.07) is 4.64. The Bertz CT molecular complexity index is 567. The SMILES string of the molecule is CC(C)OC(=O)CCNC(=O)Nc1ccc(F)cc1C#N. The van der Waals surface area contributed by atoms with Crippen LogP contribution in [0.4, 0.5) is 14.9 Å². The van der Waals surface area contributed by atoms with E-state index in [0.29, 0.717) is 0 Å². The number of carbonyl (C=O) groups is 2. The van der Waals surface area contributed by atoms with Crippen molar-refractivity contribution in [3.63, 3.8) is 0 Å². The molecule has 0 aromatic heterocycles. The highest BCUT2D eigenvalue weighted by Gasteiger charge is 2.09. The molecule has 2 N–H and O–H groups in total. The molecule has 0 heterocycles. The standard InChI is InChI=1S/C14H16FN3O3/c1-9(2)21-13(19)5-6-17-14(20)18-12-4-3-11(15)7-10(12)8-16/h3-4,7,9H,5-6H2,1-2H3,(H2,17,18,20). The van der Waals surface area contributed by atoms with Crippen LogP contribution in [-0.4, -0.2) is 24.6 Å². The second-order valence-corrected chi connectivity index (χ2v) is 4.47. The predicted octanol–water partition coefficient (Wildman–Crippen LogP) is 2.16. The number of hydrogen-bond acceptors (Lipinski definition) is 4. The molecule has 1 rings (SSSR count).